The van der Waals surface area contributed by atoms with Gasteiger partial charge in [0.1, 0.15) is 0 Å². The second-order valence-electron chi connectivity index (χ2n) is 4.11. The molecule has 0 heterocycles. The van der Waals surface area contributed by atoms with Crippen molar-refractivity contribution in [2.45, 2.75) is 6.92 Å². The molecule has 0 fully saturated rings. The van der Waals surface area contributed by atoms with E-state index in [0.717, 1.165) is 11.1 Å². The summed E-state index contributed by atoms with van der Waals surface area (Å²) in [4.78, 5) is 22.0. The summed E-state index contributed by atoms with van der Waals surface area (Å²) in [5.41, 5.74) is 2.66. The molecule has 0 aliphatic heterocycles. The Morgan fingerprint density at radius 2 is 1.63 bits per heavy atom. The van der Waals surface area contributed by atoms with Crippen LogP contribution in [-0.2, 0) is 4.79 Å². The number of amides is 1. The van der Waals surface area contributed by atoms with Crippen molar-refractivity contribution >= 4 is 17.6 Å². The quantitative estimate of drug-likeness (QED) is 0.885. The van der Waals surface area contributed by atoms with Gasteiger partial charge >= 0.3 is 5.97 Å². The van der Waals surface area contributed by atoms with Crippen molar-refractivity contribution in [3.8, 4) is 11.1 Å². The number of carboxylic acid groups (broad SMARTS) is 1. The minimum atomic E-state index is -0.957. The van der Waals surface area contributed by atoms with Crippen molar-refractivity contribution in [1.29, 1.82) is 0 Å². The molecule has 2 aromatic rings. The zero-order valence-corrected chi connectivity index (χ0v) is 10.4. The number of aromatic carboxylic acids is 1. The summed E-state index contributed by atoms with van der Waals surface area (Å²) in [6.07, 6.45) is 0. The molecule has 0 aliphatic rings. The lowest BCUT2D eigenvalue weighted by Crippen LogP contribution is -2.06. The van der Waals surface area contributed by atoms with Crippen molar-refractivity contribution in [3.05, 3.63) is 54.1 Å². The summed E-state index contributed by atoms with van der Waals surface area (Å²) in [7, 11) is 0. The number of carbonyl (C=O) groups excluding carboxylic acids is 1. The number of anilines is 1. The Labute approximate surface area is 110 Å². The van der Waals surface area contributed by atoms with E-state index in [4.69, 9.17) is 5.11 Å². The van der Waals surface area contributed by atoms with E-state index in [2.05, 4.69) is 5.32 Å². The normalized spacial score (nSPS) is 9.95. The summed E-state index contributed by atoms with van der Waals surface area (Å²) in [6, 6.07) is 13.9. The Morgan fingerprint density at radius 1 is 1.00 bits per heavy atom. The highest BCUT2D eigenvalue weighted by Gasteiger charge is 2.07. The van der Waals surface area contributed by atoms with Gasteiger partial charge in [-0.25, -0.2) is 4.79 Å². The van der Waals surface area contributed by atoms with E-state index in [-0.39, 0.29) is 11.5 Å². The minimum absolute atomic E-state index is 0.144. The number of para-hydroxylation sites is 1. The largest absolute Gasteiger partial charge is 0.478 e. The molecule has 1 amide bonds. The van der Waals surface area contributed by atoms with Crippen LogP contribution in [0.2, 0.25) is 0 Å². The highest BCUT2D eigenvalue weighted by atomic mass is 16.4. The standard InChI is InChI=1S/C15H13NO3/c1-10(17)16-14-5-3-2-4-13(14)11-6-8-12(9-7-11)15(18)19/h2-9H,1H3,(H,16,17)(H,18,19). The van der Waals surface area contributed by atoms with Gasteiger partial charge < -0.3 is 10.4 Å². The second kappa shape index (κ2) is 5.35. The average molecular weight is 255 g/mol. The molecule has 19 heavy (non-hydrogen) atoms. The molecule has 0 aliphatic carbocycles. The van der Waals surface area contributed by atoms with Crippen LogP contribution in [0.25, 0.3) is 11.1 Å². The topological polar surface area (TPSA) is 66.4 Å². The van der Waals surface area contributed by atoms with Gasteiger partial charge in [-0.3, -0.25) is 4.79 Å². The third kappa shape index (κ3) is 2.98. The predicted octanol–water partition coefficient (Wildman–Crippen LogP) is 3.01. The van der Waals surface area contributed by atoms with E-state index in [1.54, 1.807) is 24.3 Å². The van der Waals surface area contributed by atoms with Crippen LogP contribution in [0.3, 0.4) is 0 Å². The van der Waals surface area contributed by atoms with Crippen LogP contribution < -0.4 is 5.32 Å². The third-order valence-electron chi connectivity index (χ3n) is 2.68. The Morgan fingerprint density at radius 3 is 2.21 bits per heavy atom. The van der Waals surface area contributed by atoms with E-state index in [9.17, 15) is 9.59 Å². The van der Waals surface area contributed by atoms with E-state index < -0.39 is 5.97 Å². The maximum atomic E-state index is 11.2. The summed E-state index contributed by atoms with van der Waals surface area (Å²) in [5, 5.41) is 11.6. The molecule has 0 aromatic heterocycles. The maximum Gasteiger partial charge on any atom is 0.335 e. The SMILES string of the molecule is CC(=O)Nc1ccccc1-c1ccc(C(=O)O)cc1. The van der Waals surface area contributed by atoms with Crippen LogP contribution in [0.15, 0.2) is 48.5 Å². The number of rotatable bonds is 3. The van der Waals surface area contributed by atoms with Gasteiger partial charge in [-0.15, -0.1) is 0 Å². The van der Waals surface area contributed by atoms with Gasteiger partial charge in [0, 0.05) is 18.2 Å². The highest BCUT2D eigenvalue weighted by Crippen LogP contribution is 2.27. The summed E-state index contributed by atoms with van der Waals surface area (Å²) < 4.78 is 0. The van der Waals surface area contributed by atoms with Gasteiger partial charge in [0.15, 0.2) is 0 Å². The van der Waals surface area contributed by atoms with Crippen LogP contribution >= 0.6 is 0 Å². The van der Waals surface area contributed by atoms with E-state index in [0.29, 0.717) is 5.69 Å². The first kappa shape index (κ1) is 12.8. The monoisotopic (exact) mass is 255 g/mol. The summed E-state index contributed by atoms with van der Waals surface area (Å²) in [5.74, 6) is -1.10. The van der Waals surface area contributed by atoms with Crippen LogP contribution in [0, 0.1) is 0 Å². The van der Waals surface area contributed by atoms with E-state index in [1.807, 2.05) is 24.3 Å². The maximum absolute atomic E-state index is 11.2. The lowest BCUT2D eigenvalue weighted by molar-refractivity contribution is -0.114. The number of hydrogen-bond donors (Lipinski definition) is 2. The van der Waals surface area contributed by atoms with E-state index >= 15 is 0 Å². The van der Waals surface area contributed by atoms with Crippen molar-refractivity contribution in [1.82, 2.24) is 0 Å². The molecule has 0 saturated carbocycles. The Bertz CT molecular complexity index is 618. The lowest BCUT2D eigenvalue weighted by atomic mass is 10.0. The van der Waals surface area contributed by atoms with Crippen molar-refractivity contribution in [3.63, 3.8) is 0 Å². The number of nitrogens with one attached hydrogen (secondary N) is 1. The average Bonchev–Trinajstić information content (AvgIpc) is 2.39. The van der Waals surface area contributed by atoms with Gasteiger partial charge in [0.05, 0.1) is 5.56 Å². The zero-order chi connectivity index (χ0) is 13.8. The van der Waals surface area contributed by atoms with Gasteiger partial charge in [-0.2, -0.15) is 0 Å². The molecule has 0 unspecified atom stereocenters. The fourth-order valence-corrected chi connectivity index (χ4v) is 1.83. The van der Waals surface area contributed by atoms with Crippen LogP contribution in [0.1, 0.15) is 17.3 Å². The van der Waals surface area contributed by atoms with Crippen molar-refractivity contribution in [2.24, 2.45) is 0 Å². The molecule has 0 atom stereocenters. The lowest BCUT2D eigenvalue weighted by Gasteiger charge is -2.10. The summed E-state index contributed by atoms with van der Waals surface area (Å²) >= 11 is 0. The minimum Gasteiger partial charge on any atom is -0.478 e. The fraction of sp³-hybridized carbons (Fsp3) is 0.0667. The molecule has 0 radical (unpaired) electrons. The first-order valence-electron chi connectivity index (χ1n) is 5.78. The molecule has 2 aromatic carbocycles. The molecule has 0 saturated heterocycles. The number of benzene rings is 2. The number of hydrogen-bond acceptors (Lipinski definition) is 2. The highest BCUT2D eigenvalue weighted by molar-refractivity contribution is 5.94. The Balaban J connectivity index is 2.41. The van der Waals surface area contributed by atoms with Crippen LogP contribution in [0.5, 0.6) is 0 Å². The number of carbonyl (C=O) groups is 2. The molecule has 0 spiro atoms. The predicted molar refractivity (Wildman–Crippen MR) is 73.1 cm³/mol. The molecular formula is C15H13NO3. The van der Waals surface area contributed by atoms with Crippen molar-refractivity contribution < 1.29 is 14.7 Å². The summed E-state index contributed by atoms with van der Waals surface area (Å²) in [6.45, 7) is 1.45. The van der Waals surface area contributed by atoms with Crippen molar-refractivity contribution in [2.75, 3.05) is 5.32 Å². The van der Waals surface area contributed by atoms with Crippen LogP contribution in [0.4, 0.5) is 5.69 Å². The fourth-order valence-electron chi connectivity index (χ4n) is 1.83. The first-order chi connectivity index (χ1) is 9.08. The molecule has 0 bridgehead atoms. The Hall–Kier alpha value is -2.62. The number of carboxylic acids is 1. The molecule has 4 heteroatoms. The third-order valence-corrected chi connectivity index (χ3v) is 2.68. The van der Waals surface area contributed by atoms with Gasteiger partial charge in [-0.05, 0) is 23.8 Å². The Kier molecular flexibility index (Phi) is 3.61. The van der Waals surface area contributed by atoms with Gasteiger partial charge in [0.25, 0.3) is 0 Å². The van der Waals surface area contributed by atoms with E-state index in [1.165, 1.54) is 6.92 Å². The van der Waals surface area contributed by atoms with Gasteiger partial charge in [-0.1, -0.05) is 30.3 Å². The molecule has 96 valence electrons. The van der Waals surface area contributed by atoms with Crippen LogP contribution in [-0.4, -0.2) is 17.0 Å². The van der Waals surface area contributed by atoms with Gasteiger partial charge in [0.2, 0.25) is 5.91 Å². The molecule has 4 nitrogen and oxygen atoms in total. The molecule has 2 N–H and O–H groups in total. The second-order valence-corrected chi connectivity index (χ2v) is 4.11. The zero-order valence-electron chi connectivity index (χ0n) is 10.4. The molecule has 2 rings (SSSR count). The smallest absolute Gasteiger partial charge is 0.335 e. The first-order valence-corrected chi connectivity index (χ1v) is 5.78. The molecular weight excluding hydrogens is 242 g/mol.